The van der Waals surface area contributed by atoms with Gasteiger partial charge in [0.15, 0.2) is 0 Å². The number of methoxy groups -OCH3 is 1. The number of nitrogens with zero attached hydrogens (tertiary/aromatic N) is 2. The van der Waals surface area contributed by atoms with Crippen LogP contribution < -0.4 is 4.74 Å². The molecular formula is C20H30F2N2O4. The lowest BCUT2D eigenvalue weighted by atomic mass is 10.0. The fourth-order valence-corrected chi connectivity index (χ4v) is 3.66. The average Bonchev–Trinajstić information content (AvgIpc) is 2.81. The van der Waals surface area contributed by atoms with Crippen molar-refractivity contribution in [2.45, 2.75) is 38.3 Å². The van der Waals surface area contributed by atoms with Gasteiger partial charge in [-0.25, -0.2) is 8.78 Å². The first-order valence-corrected chi connectivity index (χ1v) is 9.62. The van der Waals surface area contributed by atoms with E-state index in [4.69, 9.17) is 9.47 Å². The predicted molar refractivity (Wildman–Crippen MR) is 101 cm³/mol. The lowest BCUT2D eigenvalue weighted by molar-refractivity contribution is -0.138. The van der Waals surface area contributed by atoms with Gasteiger partial charge >= 0.3 is 0 Å². The van der Waals surface area contributed by atoms with Crippen LogP contribution in [0.15, 0.2) is 18.2 Å². The molecule has 28 heavy (non-hydrogen) atoms. The summed E-state index contributed by atoms with van der Waals surface area (Å²) >= 11 is 0. The summed E-state index contributed by atoms with van der Waals surface area (Å²) in [6.07, 6.45) is 1.82. The van der Waals surface area contributed by atoms with Gasteiger partial charge in [0.05, 0.1) is 6.54 Å². The van der Waals surface area contributed by atoms with Crippen LogP contribution in [0.3, 0.4) is 0 Å². The molecule has 1 aliphatic rings. The Balaban J connectivity index is 2.19. The summed E-state index contributed by atoms with van der Waals surface area (Å²) in [5.74, 6) is -1.72. The molecule has 1 aromatic rings. The Labute approximate surface area is 165 Å². The van der Waals surface area contributed by atoms with Gasteiger partial charge in [0.25, 0.3) is 0 Å². The highest BCUT2D eigenvalue weighted by molar-refractivity contribution is 5.77. The molecule has 0 unspecified atom stereocenters. The molecule has 1 aliphatic heterocycles. The van der Waals surface area contributed by atoms with E-state index in [1.807, 2.05) is 0 Å². The Hall–Kier alpha value is -1.77. The monoisotopic (exact) mass is 400 g/mol. The molecule has 0 bridgehead atoms. The molecule has 0 aliphatic carbocycles. The van der Waals surface area contributed by atoms with Crippen LogP contribution in [0.5, 0.6) is 5.75 Å². The molecule has 0 saturated carbocycles. The van der Waals surface area contributed by atoms with Crippen LogP contribution in [0.4, 0.5) is 8.78 Å². The number of rotatable bonds is 8. The number of halogens is 2. The summed E-state index contributed by atoms with van der Waals surface area (Å²) in [6, 6.07) is 3.15. The largest absolute Gasteiger partial charge is 0.490 e. The van der Waals surface area contributed by atoms with Gasteiger partial charge in [0.2, 0.25) is 5.91 Å². The van der Waals surface area contributed by atoms with Crippen LogP contribution in [-0.2, 0) is 9.53 Å². The molecule has 8 heteroatoms. The minimum atomic E-state index is -1.38. The van der Waals surface area contributed by atoms with Crippen molar-refractivity contribution >= 4 is 5.91 Å². The lowest BCUT2D eigenvalue weighted by Crippen LogP contribution is -2.53. The minimum Gasteiger partial charge on any atom is -0.490 e. The molecule has 1 amide bonds. The molecule has 1 heterocycles. The van der Waals surface area contributed by atoms with Crippen molar-refractivity contribution in [1.29, 1.82) is 0 Å². The van der Waals surface area contributed by atoms with Gasteiger partial charge in [-0.05, 0) is 12.8 Å². The van der Waals surface area contributed by atoms with Crippen molar-refractivity contribution in [2.75, 3.05) is 46.5 Å². The summed E-state index contributed by atoms with van der Waals surface area (Å²) in [5.41, 5.74) is -1.38. The Morgan fingerprint density at radius 2 is 1.82 bits per heavy atom. The number of aliphatic hydroxyl groups is 1. The molecule has 1 N–H and O–H groups in total. The van der Waals surface area contributed by atoms with E-state index < -0.39 is 17.2 Å². The van der Waals surface area contributed by atoms with Crippen LogP contribution in [0.2, 0.25) is 0 Å². The zero-order valence-corrected chi connectivity index (χ0v) is 16.8. The van der Waals surface area contributed by atoms with Crippen molar-refractivity contribution < 1.29 is 28.2 Å². The second-order valence-electron chi connectivity index (χ2n) is 7.31. The van der Waals surface area contributed by atoms with Crippen LogP contribution in [0.1, 0.15) is 26.7 Å². The first kappa shape index (κ1) is 22.5. The molecule has 6 nitrogen and oxygen atoms in total. The molecule has 1 aromatic carbocycles. The first-order valence-electron chi connectivity index (χ1n) is 9.62. The number of β-amino-alcohol motifs (C(OH)–C–C–N with tert-alkyl or cyclic N) is 1. The predicted octanol–water partition coefficient (Wildman–Crippen LogP) is 2.05. The number of hydrogen-bond donors (Lipinski definition) is 1. The fourth-order valence-electron chi connectivity index (χ4n) is 3.66. The molecule has 1 saturated heterocycles. The van der Waals surface area contributed by atoms with E-state index in [1.165, 1.54) is 7.11 Å². The van der Waals surface area contributed by atoms with Crippen LogP contribution in [0.25, 0.3) is 0 Å². The summed E-state index contributed by atoms with van der Waals surface area (Å²) in [5, 5.41) is 11.3. The number of benzene rings is 1. The maximum atomic E-state index is 13.4. The highest BCUT2D eigenvalue weighted by atomic mass is 19.1. The van der Waals surface area contributed by atoms with Gasteiger partial charge in [-0.1, -0.05) is 13.8 Å². The lowest BCUT2D eigenvalue weighted by Gasteiger charge is -2.35. The van der Waals surface area contributed by atoms with Gasteiger partial charge in [0, 0.05) is 51.0 Å². The molecular weight excluding hydrogens is 370 g/mol. The number of ether oxygens (including phenoxy) is 2. The second-order valence-corrected chi connectivity index (χ2v) is 7.31. The quantitative estimate of drug-likeness (QED) is 0.724. The first-order chi connectivity index (χ1) is 13.3. The number of hydrogen-bond acceptors (Lipinski definition) is 5. The molecule has 2 rings (SSSR count). The van der Waals surface area contributed by atoms with E-state index >= 15 is 0 Å². The summed E-state index contributed by atoms with van der Waals surface area (Å²) in [4.78, 5) is 16.1. The summed E-state index contributed by atoms with van der Waals surface area (Å²) in [7, 11) is 1.44. The van der Waals surface area contributed by atoms with Crippen LogP contribution in [0, 0.1) is 11.6 Å². The van der Waals surface area contributed by atoms with Crippen LogP contribution in [-0.4, -0.2) is 79.0 Å². The zero-order valence-electron chi connectivity index (χ0n) is 16.8. The van der Waals surface area contributed by atoms with Crippen molar-refractivity contribution in [2.24, 2.45) is 0 Å². The van der Waals surface area contributed by atoms with E-state index in [1.54, 1.807) is 4.90 Å². The maximum Gasteiger partial charge on any atom is 0.248 e. The molecule has 1 fully saturated rings. The minimum absolute atomic E-state index is 0.000905. The Morgan fingerprint density at radius 1 is 1.18 bits per heavy atom. The van der Waals surface area contributed by atoms with Gasteiger partial charge < -0.3 is 19.5 Å². The van der Waals surface area contributed by atoms with E-state index in [-0.39, 0.29) is 37.5 Å². The Bertz CT molecular complexity index is 637. The van der Waals surface area contributed by atoms with Gasteiger partial charge in [0.1, 0.15) is 36.2 Å². The van der Waals surface area contributed by atoms with Crippen molar-refractivity contribution in [1.82, 2.24) is 9.80 Å². The molecule has 0 aromatic heterocycles. The van der Waals surface area contributed by atoms with E-state index in [0.29, 0.717) is 19.6 Å². The summed E-state index contributed by atoms with van der Waals surface area (Å²) in [6.45, 7) is 5.35. The number of carbonyl (C=O) groups excluding carboxylic acids is 1. The highest BCUT2D eigenvalue weighted by Gasteiger charge is 2.39. The molecule has 0 radical (unpaired) electrons. The topological polar surface area (TPSA) is 62.2 Å². The fraction of sp³-hybridized carbons (Fsp3) is 0.650. The Kier molecular flexibility index (Phi) is 8.15. The standard InChI is InChI=1S/C20H30F2N2O4/c1-4-17(5-2)23-6-7-24(19(25)11-27-3)13-20(26,12-23)14-28-18-9-15(21)8-16(22)10-18/h8-10,17,26H,4-7,11-14H2,1-3H3/t20-/m0/s1. The maximum absolute atomic E-state index is 13.4. The molecule has 158 valence electrons. The average molecular weight is 400 g/mol. The van der Waals surface area contributed by atoms with E-state index in [9.17, 15) is 18.7 Å². The SMILES string of the molecule is CCC(CC)N1CCN(C(=O)COC)C[C@](O)(COc2cc(F)cc(F)c2)C1. The van der Waals surface area contributed by atoms with Crippen molar-refractivity contribution in [3.05, 3.63) is 29.8 Å². The number of amides is 1. The van der Waals surface area contributed by atoms with E-state index in [0.717, 1.165) is 31.0 Å². The van der Waals surface area contributed by atoms with Gasteiger partial charge in [-0.15, -0.1) is 0 Å². The normalized spacial score (nSPS) is 21.0. The zero-order chi connectivity index (χ0) is 20.7. The van der Waals surface area contributed by atoms with Crippen molar-refractivity contribution in [3.63, 3.8) is 0 Å². The second kappa shape index (κ2) is 10.1. The van der Waals surface area contributed by atoms with Crippen molar-refractivity contribution in [3.8, 4) is 5.75 Å². The third-order valence-electron chi connectivity index (χ3n) is 5.06. The van der Waals surface area contributed by atoms with E-state index in [2.05, 4.69) is 18.7 Å². The Morgan fingerprint density at radius 3 is 2.39 bits per heavy atom. The third-order valence-corrected chi connectivity index (χ3v) is 5.06. The smallest absolute Gasteiger partial charge is 0.248 e. The number of carbonyl (C=O) groups is 1. The van der Waals surface area contributed by atoms with Gasteiger partial charge in [-0.2, -0.15) is 0 Å². The summed E-state index contributed by atoms with van der Waals surface area (Å²) < 4.78 is 37.3. The highest BCUT2D eigenvalue weighted by Crippen LogP contribution is 2.22. The van der Waals surface area contributed by atoms with Gasteiger partial charge in [-0.3, -0.25) is 9.69 Å². The molecule has 1 atom stereocenters. The third kappa shape index (κ3) is 6.12. The molecule has 0 spiro atoms. The van der Waals surface area contributed by atoms with Crippen LogP contribution >= 0.6 is 0 Å².